The average Bonchev–Trinajstić information content (AvgIpc) is 2.88. The zero-order chi connectivity index (χ0) is 14.4. The van der Waals surface area contributed by atoms with Crippen molar-refractivity contribution in [2.24, 2.45) is 0 Å². The SMILES string of the molecule is CCOc1ccc(-c2nnc(COCC(=O)O)o2)cc1. The number of nitrogens with zero attached hydrogens (tertiary/aromatic N) is 2. The van der Waals surface area contributed by atoms with Crippen molar-refractivity contribution < 1.29 is 23.8 Å². The first kappa shape index (κ1) is 14.0. The number of rotatable bonds is 7. The van der Waals surface area contributed by atoms with Gasteiger partial charge in [-0.25, -0.2) is 4.79 Å². The number of ether oxygens (including phenoxy) is 2. The molecule has 0 aliphatic carbocycles. The van der Waals surface area contributed by atoms with Crippen LogP contribution < -0.4 is 4.74 Å². The number of benzene rings is 1. The van der Waals surface area contributed by atoms with Crippen LogP contribution in [0.4, 0.5) is 0 Å². The van der Waals surface area contributed by atoms with Crippen molar-refractivity contribution in [1.82, 2.24) is 10.2 Å². The molecule has 20 heavy (non-hydrogen) atoms. The zero-order valence-corrected chi connectivity index (χ0v) is 10.9. The van der Waals surface area contributed by atoms with E-state index in [4.69, 9.17) is 19.0 Å². The number of aromatic nitrogens is 2. The summed E-state index contributed by atoms with van der Waals surface area (Å²) in [4.78, 5) is 10.3. The summed E-state index contributed by atoms with van der Waals surface area (Å²) in [5.74, 6) is 0.300. The van der Waals surface area contributed by atoms with Crippen molar-refractivity contribution in [2.45, 2.75) is 13.5 Å². The molecule has 1 aromatic heterocycles. The molecule has 0 aliphatic heterocycles. The number of hydrogen-bond acceptors (Lipinski definition) is 6. The molecule has 0 bridgehead atoms. The second kappa shape index (κ2) is 6.67. The topological polar surface area (TPSA) is 94.7 Å². The molecule has 0 saturated heterocycles. The van der Waals surface area contributed by atoms with E-state index in [1.165, 1.54) is 0 Å². The van der Waals surface area contributed by atoms with E-state index in [-0.39, 0.29) is 12.5 Å². The van der Waals surface area contributed by atoms with E-state index in [2.05, 4.69) is 10.2 Å². The molecular formula is C13H14N2O5. The van der Waals surface area contributed by atoms with Gasteiger partial charge in [0.05, 0.1) is 6.61 Å². The molecule has 7 heteroatoms. The molecule has 106 valence electrons. The minimum absolute atomic E-state index is 0.0314. The van der Waals surface area contributed by atoms with E-state index < -0.39 is 12.6 Å². The quantitative estimate of drug-likeness (QED) is 0.824. The molecule has 1 heterocycles. The van der Waals surface area contributed by atoms with Crippen LogP contribution in [0.15, 0.2) is 28.7 Å². The van der Waals surface area contributed by atoms with Gasteiger partial charge in [0.2, 0.25) is 11.8 Å². The molecule has 0 unspecified atom stereocenters. The highest BCUT2D eigenvalue weighted by atomic mass is 16.5. The van der Waals surface area contributed by atoms with Gasteiger partial charge >= 0.3 is 5.97 Å². The summed E-state index contributed by atoms with van der Waals surface area (Å²) in [6.07, 6.45) is 0. The first-order valence-electron chi connectivity index (χ1n) is 6.04. The summed E-state index contributed by atoms with van der Waals surface area (Å²) in [5, 5.41) is 16.1. The van der Waals surface area contributed by atoms with Crippen LogP contribution in [-0.2, 0) is 16.1 Å². The largest absolute Gasteiger partial charge is 0.494 e. The van der Waals surface area contributed by atoms with Crippen molar-refractivity contribution in [3.05, 3.63) is 30.2 Å². The number of aliphatic carboxylic acids is 1. The Balaban J connectivity index is 1.98. The van der Waals surface area contributed by atoms with Crippen LogP contribution in [0.5, 0.6) is 5.75 Å². The van der Waals surface area contributed by atoms with Crippen LogP contribution in [0, 0.1) is 0 Å². The minimum Gasteiger partial charge on any atom is -0.494 e. The molecule has 0 aliphatic rings. The van der Waals surface area contributed by atoms with Crippen molar-refractivity contribution in [2.75, 3.05) is 13.2 Å². The summed E-state index contributed by atoms with van der Waals surface area (Å²) in [6.45, 7) is 2.08. The number of carbonyl (C=O) groups is 1. The number of carboxylic acids is 1. The molecule has 0 radical (unpaired) electrons. The standard InChI is InChI=1S/C13H14N2O5/c1-2-19-10-5-3-9(4-6-10)13-15-14-11(20-13)7-18-8-12(16)17/h3-6H,2,7-8H2,1H3,(H,16,17). The molecule has 0 fully saturated rings. The molecule has 0 amide bonds. The lowest BCUT2D eigenvalue weighted by molar-refractivity contribution is -0.142. The molecular weight excluding hydrogens is 264 g/mol. The lowest BCUT2D eigenvalue weighted by atomic mass is 10.2. The Bertz CT molecular complexity index is 564. The Morgan fingerprint density at radius 1 is 1.30 bits per heavy atom. The highest BCUT2D eigenvalue weighted by Gasteiger charge is 2.09. The van der Waals surface area contributed by atoms with Crippen molar-refractivity contribution in [1.29, 1.82) is 0 Å². The van der Waals surface area contributed by atoms with Crippen LogP contribution in [0.2, 0.25) is 0 Å². The normalized spacial score (nSPS) is 10.4. The molecule has 7 nitrogen and oxygen atoms in total. The van der Waals surface area contributed by atoms with Gasteiger partial charge in [0.25, 0.3) is 0 Å². The third-order valence-corrected chi connectivity index (χ3v) is 2.33. The van der Waals surface area contributed by atoms with Crippen molar-refractivity contribution >= 4 is 5.97 Å². The summed E-state index contributed by atoms with van der Waals surface area (Å²) in [5.41, 5.74) is 0.755. The Labute approximate surface area is 115 Å². The van der Waals surface area contributed by atoms with Gasteiger partial charge in [0.1, 0.15) is 19.0 Å². The van der Waals surface area contributed by atoms with Crippen LogP contribution in [0.3, 0.4) is 0 Å². The monoisotopic (exact) mass is 278 g/mol. The van der Waals surface area contributed by atoms with Gasteiger partial charge in [-0.15, -0.1) is 10.2 Å². The van der Waals surface area contributed by atoms with Gasteiger partial charge in [-0.3, -0.25) is 0 Å². The predicted molar refractivity (Wildman–Crippen MR) is 68.2 cm³/mol. The molecule has 2 aromatic rings. The minimum atomic E-state index is -1.05. The number of hydrogen-bond donors (Lipinski definition) is 1. The van der Waals surface area contributed by atoms with Crippen molar-refractivity contribution in [3.63, 3.8) is 0 Å². The fraction of sp³-hybridized carbons (Fsp3) is 0.308. The van der Waals surface area contributed by atoms with Crippen molar-refractivity contribution in [3.8, 4) is 17.2 Å². The molecule has 1 aromatic carbocycles. The van der Waals surface area contributed by atoms with E-state index in [1.807, 2.05) is 19.1 Å². The van der Waals surface area contributed by atoms with Crippen LogP contribution >= 0.6 is 0 Å². The lowest BCUT2D eigenvalue weighted by Gasteiger charge is -2.02. The third kappa shape index (κ3) is 3.79. The first-order chi connectivity index (χ1) is 9.69. The molecule has 0 saturated carbocycles. The fourth-order valence-electron chi connectivity index (χ4n) is 1.51. The van der Waals surface area contributed by atoms with E-state index in [1.54, 1.807) is 12.1 Å². The summed E-state index contributed by atoms with van der Waals surface area (Å²) >= 11 is 0. The van der Waals surface area contributed by atoms with Gasteiger partial charge in [0, 0.05) is 5.56 Å². The van der Waals surface area contributed by atoms with Gasteiger partial charge in [-0.1, -0.05) is 0 Å². The van der Waals surface area contributed by atoms with Gasteiger partial charge in [-0.2, -0.15) is 0 Å². The average molecular weight is 278 g/mol. The molecule has 0 atom stereocenters. The lowest BCUT2D eigenvalue weighted by Crippen LogP contribution is -2.06. The highest BCUT2D eigenvalue weighted by Crippen LogP contribution is 2.21. The number of carboxylic acid groups (broad SMARTS) is 1. The van der Waals surface area contributed by atoms with Gasteiger partial charge < -0.3 is 19.0 Å². The summed E-state index contributed by atoms with van der Waals surface area (Å²) in [6, 6.07) is 7.23. The van der Waals surface area contributed by atoms with E-state index in [0.29, 0.717) is 12.5 Å². The van der Waals surface area contributed by atoms with Gasteiger partial charge in [-0.05, 0) is 31.2 Å². The van der Waals surface area contributed by atoms with Crippen LogP contribution in [0.25, 0.3) is 11.5 Å². The van der Waals surface area contributed by atoms with Gasteiger partial charge in [0.15, 0.2) is 0 Å². The maximum Gasteiger partial charge on any atom is 0.329 e. The van der Waals surface area contributed by atoms with E-state index in [9.17, 15) is 4.79 Å². The Morgan fingerprint density at radius 3 is 2.70 bits per heavy atom. The summed E-state index contributed by atoms with van der Waals surface area (Å²) in [7, 11) is 0. The second-order valence-electron chi connectivity index (χ2n) is 3.84. The Hall–Kier alpha value is -2.41. The molecule has 2 rings (SSSR count). The molecule has 0 spiro atoms. The maximum atomic E-state index is 10.3. The van der Waals surface area contributed by atoms with Crippen LogP contribution in [0.1, 0.15) is 12.8 Å². The fourth-order valence-corrected chi connectivity index (χ4v) is 1.51. The van der Waals surface area contributed by atoms with E-state index >= 15 is 0 Å². The third-order valence-electron chi connectivity index (χ3n) is 2.33. The predicted octanol–water partition coefficient (Wildman–Crippen LogP) is 1.74. The first-order valence-corrected chi connectivity index (χ1v) is 6.04. The highest BCUT2D eigenvalue weighted by molar-refractivity contribution is 5.67. The smallest absolute Gasteiger partial charge is 0.329 e. The summed E-state index contributed by atoms with van der Waals surface area (Å²) < 4.78 is 15.6. The van der Waals surface area contributed by atoms with Crippen LogP contribution in [-0.4, -0.2) is 34.5 Å². The molecule has 1 N–H and O–H groups in total. The Kier molecular flexibility index (Phi) is 4.67. The van der Waals surface area contributed by atoms with E-state index in [0.717, 1.165) is 11.3 Å². The second-order valence-corrected chi connectivity index (χ2v) is 3.84. The maximum absolute atomic E-state index is 10.3. The zero-order valence-electron chi connectivity index (χ0n) is 10.9. The Morgan fingerprint density at radius 2 is 2.05 bits per heavy atom.